The molecular formula is C46H54O6Si. The molecule has 278 valence electrons. The van der Waals surface area contributed by atoms with Crippen molar-refractivity contribution < 1.29 is 28.5 Å². The second kappa shape index (κ2) is 18.9. The van der Waals surface area contributed by atoms with E-state index >= 15 is 0 Å². The van der Waals surface area contributed by atoms with Crippen LogP contribution < -0.4 is 10.4 Å². The predicted octanol–water partition coefficient (Wildman–Crippen LogP) is 7.86. The Morgan fingerprint density at radius 3 is 1.47 bits per heavy atom. The van der Waals surface area contributed by atoms with Gasteiger partial charge in [0, 0.05) is 6.61 Å². The molecule has 5 aromatic carbocycles. The van der Waals surface area contributed by atoms with Gasteiger partial charge in [-0.25, -0.2) is 0 Å². The molecule has 1 aliphatic rings. The lowest BCUT2D eigenvalue weighted by Gasteiger charge is -2.45. The molecule has 0 unspecified atom stereocenters. The monoisotopic (exact) mass is 730 g/mol. The maximum Gasteiger partial charge on any atom is 0.261 e. The highest BCUT2D eigenvalue weighted by atomic mass is 28.4. The minimum atomic E-state index is -2.70. The first-order valence-electron chi connectivity index (χ1n) is 18.9. The highest BCUT2D eigenvalue weighted by Crippen LogP contribution is 2.37. The van der Waals surface area contributed by atoms with Crippen LogP contribution in [0.25, 0.3) is 0 Å². The van der Waals surface area contributed by atoms with Crippen LogP contribution in [0.15, 0.2) is 152 Å². The van der Waals surface area contributed by atoms with Crippen LogP contribution in [-0.2, 0) is 43.2 Å². The summed E-state index contributed by atoms with van der Waals surface area (Å²) >= 11 is 0. The van der Waals surface area contributed by atoms with Crippen LogP contribution in [0, 0.1) is 0 Å². The van der Waals surface area contributed by atoms with Crippen molar-refractivity contribution in [1.82, 2.24) is 0 Å². The average Bonchev–Trinajstić information content (AvgIpc) is 3.19. The lowest BCUT2D eigenvalue weighted by Crippen LogP contribution is -2.66. The zero-order valence-corrected chi connectivity index (χ0v) is 32.3. The van der Waals surface area contributed by atoms with Crippen LogP contribution in [0.4, 0.5) is 0 Å². The van der Waals surface area contributed by atoms with Gasteiger partial charge in [-0.3, -0.25) is 0 Å². The fraction of sp³-hybridized carbons (Fsp3) is 0.348. The van der Waals surface area contributed by atoms with Crippen LogP contribution in [0.2, 0.25) is 5.04 Å². The van der Waals surface area contributed by atoms with Gasteiger partial charge >= 0.3 is 0 Å². The van der Waals surface area contributed by atoms with Crippen molar-refractivity contribution in [2.75, 3.05) is 13.2 Å². The first kappa shape index (κ1) is 38.8. The Kier molecular flexibility index (Phi) is 13.8. The number of hydrogen-bond donors (Lipinski definition) is 1. The van der Waals surface area contributed by atoms with Crippen molar-refractivity contribution >= 4 is 18.7 Å². The first-order valence-corrected chi connectivity index (χ1v) is 20.8. The summed E-state index contributed by atoms with van der Waals surface area (Å²) in [5.74, 6) is 0. The zero-order chi connectivity index (χ0) is 36.9. The van der Waals surface area contributed by atoms with Gasteiger partial charge in [-0.05, 0) is 44.9 Å². The van der Waals surface area contributed by atoms with Gasteiger partial charge in [0.25, 0.3) is 8.32 Å². The number of hydrogen-bond acceptors (Lipinski definition) is 6. The summed E-state index contributed by atoms with van der Waals surface area (Å²) < 4.78 is 33.4. The molecule has 0 saturated carbocycles. The molecule has 0 spiro atoms. The first-order chi connectivity index (χ1) is 25.8. The second-order valence-electron chi connectivity index (χ2n) is 14.9. The Hall–Kier alpha value is -3.92. The molecule has 6 rings (SSSR count). The zero-order valence-electron chi connectivity index (χ0n) is 31.3. The minimum absolute atomic E-state index is 0.128. The summed E-state index contributed by atoms with van der Waals surface area (Å²) in [6.45, 7) is 8.83. The highest BCUT2D eigenvalue weighted by Gasteiger charge is 2.50. The van der Waals surface area contributed by atoms with Gasteiger partial charge in [-0.2, -0.15) is 0 Å². The van der Waals surface area contributed by atoms with Crippen molar-refractivity contribution in [1.29, 1.82) is 0 Å². The van der Waals surface area contributed by atoms with E-state index in [0.29, 0.717) is 45.9 Å². The molecule has 1 saturated heterocycles. The lowest BCUT2D eigenvalue weighted by molar-refractivity contribution is -0.262. The Labute approximate surface area is 316 Å². The summed E-state index contributed by atoms with van der Waals surface area (Å²) in [6, 6.07) is 51.6. The number of ether oxygens (including phenoxy) is 4. The molecule has 5 aromatic rings. The van der Waals surface area contributed by atoms with E-state index in [-0.39, 0.29) is 5.04 Å². The molecule has 1 fully saturated rings. The van der Waals surface area contributed by atoms with Gasteiger partial charge in [-0.1, -0.05) is 172 Å². The van der Waals surface area contributed by atoms with Crippen LogP contribution >= 0.6 is 0 Å². The third kappa shape index (κ3) is 9.99. The molecule has 5 atom stereocenters. The summed E-state index contributed by atoms with van der Waals surface area (Å²) in [5.41, 5.74) is 3.15. The molecule has 1 aliphatic heterocycles. The van der Waals surface area contributed by atoms with E-state index in [1.54, 1.807) is 0 Å². The molecule has 1 N–H and O–H groups in total. The van der Waals surface area contributed by atoms with Crippen molar-refractivity contribution in [2.45, 2.75) is 89.0 Å². The Bertz CT molecular complexity index is 1710. The van der Waals surface area contributed by atoms with Gasteiger partial charge in [0.2, 0.25) is 0 Å². The van der Waals surface area contributed by atoms with E-state index in [1.807, 2.05) is 78.9 Å². The number of aliphatic hydroxyl groups is 1. The van der Waals surface area contributed by atoms with Crippen molar-refractivity contribution in [3.63, 3.8) is 0 Å². The molecule has 0 radical (unpaired) electrons. The van der Waals surface area contributed by atoms with Gasteiger partial charge in [0.1, 0.15) is 24.4 Å². The van der Waals surface area contributed by atoms with Crippen molar-refractivity contribution in [2.24, 2.45) is 0 Å². The maximum atomic E-state index is 12.0. The van der Waals surface area contributed by atoms with E-state index in [2.05, 4.69) is 93.6 Å². The fourth-order valence-electron chi connectivity index (χ4n) is 7.44. The molecule has 0 bridgehead atoms. The van der Waals surface area contributed by atoms with E-state index in [4.69, 9.17) is 23.4 Å². The summed E-state index contributed by atoms with van der Waals surface area (Å²) in [6.07, 6.45) is -1.79. The molecule has 7 heteroatoms. The Morgan fingerprint density at radius 2 is 1.00 bits per heavy atom. The maximum absolute atomic E-state index is 12.0. The van der Waals surface area contributed by atoms with Gasteiger partial charge < -0.3 is 28.5 Å². The smallest absolute Gasteiger partial charge is 0.261 e. The summed E-state index contributed by atoms with van der Waals surface area (Å²) in [4.78, 5) is 0. The summed E-state index contributed by atoms with van der Waals surface area (Å²) in [7, 11) is -2.70. The molecule has 53 heavy (non-hydrogen) atoms. The average molecular weight is 731 g/mol. The molecule has 0 aromatic heterocycles. The predicted molar refractivity (Wildman–Crippen MR) is 214 cm³/mol. The Balaban J connectivity index is 1.22. The third-order valence-corrected chi connectivity index (χ3v) is 15.1. The van der Waals surface area contributed by atoms with Gasteiger partial charge in [0.05, 0.1) is 32.5 Å². The molecule has 6 nitrogen and oxygen atoms in total. The normalized spacial score (nSPS) is 20.6. The number of benzene rings is 5. The van der Waals surface area contributed by atoms with Crippen molar-refractivity contribution in [3.8, 4) is 0 Å². The number of aliphatic hydroxyl groups excluding tert-OH is 1. The van der Waals surface area contributed by atoms with E-state index < -0.39 is 38.8 Å². The van der Waals surface area contributed by atoms with E-state index in [9.17, 15) is 5.11 Å². The summed E-state index contributed by atoms with van der Waals surface area (Å²) in [5, 5.41) is 14.4. The minimum Gasteiger partial charge on any atom is -0.407 e. The van der Waals surface area contributed by atoms with Crippen LogP contribution in [0.1, 0.15) is 50.3 Å². The lowest BCUT2D eigenvalue weighted by atomic mass is 9.92. The van der Waals surface area contributed by atoms with Gasteiger partial charge in [0.15, 0.2) is 0 Å². The van der Waals surface area contributed by atoms with Crippen LogP contribution in [0.5, 0.6) is 0 Å². The topological polar surface area (TPSA) is 66.4 Å². The van der Waals surface area contributed by atoms with E-state index in [0.717, 1.165) is 16.7 Å². The largest absolute Gasteiger partial charge is 0.407 e. The standard InChI is InChI=1S/C46H54O6Si/c1-46(2,3)53(39-26-15-7-16-27-39,40-28-17-8-18-29-40)51-31-19-30-41-43(47)45(50-34-38-24-13-6-14-25-38)44(49-33-37-22-11-5-12-23-37)42(52-41)35-48-32-36-20-9-4-10-21-36/h4-18,20-29,41-45,47H,19,30-35H2,1-3H3/t41-,42+,43-,44+,45+/m0/s1. The van der Waals surface area contributed by atoms with E-state index in [1.165, 1.54) is 10.4 Å². The van der Waals surface area contributed by atoms with Gasteiger partial charge in [-0.15, -0.1) is 0 Å². The molecule has 1 heterocycles. The molecule has 0 aliphatic carbocycles. The number of rotatable bonds is 17. The Morgan fingerprint density at radius 1 is 0.566 bits per heavy atom. The second-order valence-corrected chi connectivity index (χ2v) is 19.2. The third-order valence-electron chi connectivity index (χ3n) is 10.1. The van der Waals surface area contributed by atoms with Crippen LogP contribution in [-0.4, -0.2) is 57.2 Å². The molecular weight excluding hydrogens is 677 g/mol. The van der Waals surface area contributed by atoms with Crippen molar-refractivity contribution in [3.05, 3.63) is 168 Å². The van der Waals surface area contributed by atoms with Crippen LogP contribution in [0.3, 0.4) is 0 Å². The fourth-order valence-corrected chi connectivity index (χ4v) is 12.0. The quantitative estimate of drug-likeness (QED) is 0.0777. The SMILES string of the molecule is CC(C)(C)[Si](OCCC[C@@H]1O[C@H](COCc2ccccc2)[C@@H](OCc2ccccc2)[C@H](OCc2ccccc2)[C@H]1O)(c1ccccc1)c1ccccc1. The highest BCUT2D eigenvalue weighted by molar-refractivity contribution is 6.99. The molecule has 0 amide bonds.